The SMILES string of the molecule is CNC1CCCN(C(=O)c2ccc(CC3CC(=O)NC3=O)cc2)C1. The molecule has 6 nitrogen and oxygen atoms in total. The van der Waals surface area contributed by atoms with Gasteiger partial charge in [0.1, 0.15) is 0 Å². The second kappa shape index (κ2) is 7.13. The van der Waals surface area contributed by atoms with Crippen LogP contribution in [0.15, 0.2) is 24.3 Å². The Morgan fingerprint density at radius 3 is 2.67 bits per heavy atom. The maximum Gasteiger partial charge on any atom is 0.253 e. The van der Waals surface area contributed by atoms with Crippen molar-refractivity contribution < 1.29 is 14.4 Å². The third kappa shape index (κ3) is 3.64. The number of nitrogens with zero attached hydrogens (tertiary/aromatic N) is 1. The van der Waals surface area contributed by atoms with Gasteiger partial charge in [-0.1, -0.05) is 12.1 Å². The van der Waals surface area contributed by atoms with Crippen molar-refractivity contribution in [3.05, 3.63) is 35.4 Å². The molecule has 2 aliphatic heterocycles. The number of carbonyl (C=O) groups is 3. The number of carbonyl (C=O) groups excluding carboxylic acids is 3. The average Bonchev–Trinajstić information content (AvgIpc) is 2.92. The largest absolute Gasteiger partial charge is 0.337 e. The minimum Gasteiger partial charge on any atom is -0.337 e. The molecule has 2 fully saturated rings. The smallest absolute Gasteiger partial charge is 0.253 e. The van der Waals surface area contributed by atoms with Crippen LogP contribution in [-0.2, 0) is 16.0 Å². The summed E-state index contributed by atoms with van der Waals surface area (Å²) < 4.78 is 0. The molecule has 0 spiro atoms. The quantitative estimate of drug-likeness (QED) is 0.798. The molecular formula is C18H23N3O3. The van der Waals surface area contributed by atoms with Crippen LogP contribution in [0.25, 0.3) is 0 Å². The zero-order valence-electron chi connectivity index (χ0n) is 13.9. The molecule has 2 N–H and O–H groups in total. The highest BCUT2D eigenvalue weighted by Gasteiger charge is 2.30. The normalized spacial score (nSPS) is 24.1. The van der Waals surface area contributed by atoms with E-state index in [9.17, 15) is 14.4 Å². The van der Waals surface area contributed by atoms with Crippen molar-refractivity contribution in [2.45, 2.75) is 31.7 Å². The fourth-order valence-corrected chi connectivity index (χ4v) is 3.42. The Morgan fingerprint density at radius 1 is 1.29 bits per heavy atom. The zero-order valence-corrected chi connectivity index (χ0v) is 13.9. The minimum absolute atomic E-state index is 0.0512. The number of rotatable bonds is 4. The molecule has 0 aliphatic carbocycles. The lowest BCUT2D eigenvalue weighted by atomic mass is 9.97. The van der Waals surface area contributed by atoms with Gasteiger partial charge >= 0.3 is 0 Å². The standard InChI is InChI=1S/C18H23N3O3/c1-19-15-3-2-8-21(11-15)18(24)13-6-4-12(5-7-13)9-14-10-16(22)20-17(14)23/h4-7,14-15,19H,2-3,8-11H2,1H3,(H,20,22,23). The Hall–Kier alpha value is -2.21. The number of nitrogens with one attached hydrogen (secondary N) is 2. The van der Waals surface area contributed by atoms with Crippen LogP contribution < -0.4 is 10.6 Å². The van der Waals surface area contributed by atoms with E-state index in [4.69, 9.17) is 0 Å². The minimum atomic E-state index is -0.294. The van der Waals surface area contributed by atoms with E-state index in [0.717, 1.165) is 31.5 Å². The number of likely N-dealkylation sites (tertiary alicyclic amines) is 1. The number of hydrogen-bond acceptors (Lipinski definition) is 4. The van der Waals surface area contributed by atoms with Crippen molar-refractivity contribution >= 4 is 17.7 Å². The molecule has 0 bridgehead atoms. The van der Waals surface area contributed by atoms with Crippen LogP contribution in [0.3, 0.4) is 0 Å². The van der Waals surface area contributed by atoms with E-state index in [1.165, 1.54) is 0 Å². The van der Waals surface area contributed by atoms with Crippen molar-refractivity contribution in [1.82, 2.24) is 15.5 Å². The zero-order chi connectivity index (χ0) is 17.1. The first-order chi connectivity index (χ1) is 11.6. The van der Waals surface area contributed by atoms with Gasteiger partial charge in [0.25, 0.3) is 5.91 Å². The van der Waals surface area contributed by atoms with Crippen LogP contribution in [-0.4, -0.2) is 48.8 Å². The Labute approximate surface area is 141 Å². The van der Waals surface area contributed by atoms with Crippen molar-refractivity contribution in [2.24, 2.45) is 5.92 Å². The maximum atomic E-state index is 12.6. The van der Waals surface area contributed by atoms with Crippen LogP contribution in [0.2, 0.25) is 0 Å². The molecule has 3 amide bonds. The van der Waals surface area contributed by atoms with E-state index in [1.807, 2.05) is 36.2 Å². The molecule has 128 valence electrons. The van der Waals surface area contributed by atoms with E-state index in [0.29, 0.717) is 18.0 Å². The first kappa shape index (κ1) is 16.6. The van der Waals surface area contributed by atoms with Crippen LogP contribution in [0, 0.1) is 5.92 Å². The molecule has 6 heteroatoms. The van der Waals surface area contributed by atoms with Crippen molar-refractivity contribution in [1.29, 1.82) is 0 Å². The van der Waals surface area contributed by atoms with E-state index < -0.39 is 0 Å². The van der Waals surface area contributed by atoms with Crippen LogP contribution in [0.1, 0.15) is 35.2 Å². The lowest BCUT2D eigenvalue weighted by Gasteiger charge is -2.32. The number of likely N-dealkylation sites (N-methyl/N-ethyl adjacent to an activating group) is 1. The second-order valence-electron chi connectivity index (χ2n) is 6.59. The highest BCUT2D eigenvalue weighted by atomic mass is 16.2. The van der Waals surface area contributed by atoms with Gasteiger partial charge in [-0.25, -0.2) is 0 Å². The summed E-state index contributed by atoms with van der Waals surface area (Å²) in [5.41, 5.74) is 1.63. The van der Waals surface area contributed by atoms with Gasteiger partial charge in [0.2, 0.25) is 11.8 Å². The summed E-state index contributed by atoms with van der Waals surface area (Å²) in [4.78, 5) is 37.4. The number of benzene rings is 1. The van der Waals surface area contributed by atoms with Crippen LogP contribution in [0.4, 0.5) is 0 Å². The van der Waals surface area contributed by atoms with Crippen molar-refractivity contribution in [2.75, 3.05) is 20.1 Å². The number of piperidine rings is 1. The van der Waals surface area contributed by atoms with Gasteiger partial charge in [0, 0.05) is 31.1 Å². The molecule has 2 heterocycles. The molecule has 0 radical (unpaired) electrons. The lowest BCUT2D eigenvalue weighted by molar-refractivity contribution is -0.125. The molecule has 2 atom stereocenters. The topological polar surface area (TPSA) is 78.5 Å². The monoisotopic (exact) mass is 329 g/mol. The summed E-state index contributed by atoms with van der Waals surface area (Å²) >= 11 is 0. The predicted octanol–water partition coefficient (Wildman–Crippen LogP) is 0.716. The van der Waals surface area contributed by atoms with Crippen LogP contribution >= 0.6 is 0 Å². The average molecular weight is 329 g/mol. The molecule has 0 saturated carbocycles. The highest BCUT2D eigenvalue weighted by molar-refractivity contribution is 6.03. The van der Waals surface area contributed by atoms with E-state index in [1.54, 1.807) is 0 Å². The maximum absolute atomic E-state index is 12.6. The summed E-state index contributed by atoms with van der Waals surface area (Å²) in [6, 6.07) is 7.75. The lowest BCUT2D eigenvalue weighted by Crippen LogP contribution is -2.46. The highest BCUT2D eigenvalue weighted by Crippen LogP contribution is 2.19. The molecule has 1 aromatic carbocycles. The van der Waals surface area contributed by atoms with E-state index >= 15 is 0 Å². The molecular weight excluding hydrogens is 306 g/mol. The summed E-state index contributed by atoms with van der Waals surface area (Å²) in [5.74, 6) is -0.652. The molecule has 1 aromatic rings. The summed E-state index contributed by atoms with van der Waals surface area (Å²) in [5, 5.41) is 5.56. The van der Waals surface area contributed by atoms with Gasteiger partial charge in [0.15, 0.2) is 0 Å². The third-order valence-electron chi connectivity index (χ3n) is 4.87. The second-order valence-corrected chi connectivity index (χ2v) is 6.59. The van der Waals surface area contributed by atoms with Crippen LogP contribution in [0.5, 0.6) is 0 Å². The number of hydrogen-bond donors (Lipinski definition) is 2. The Morgan fingerprint density at radius 2 is 2.04 bits per heavy atom. The first-order valence-corrected chi connectivity index (χ1v) is 8.46. The number of amides is 3. The Bertz CT molecular complexity index is 641. The Kier molecular flexibility index (Phi) is 4.94. The van der Waals surface area contributed by atoms with Gasteiger partial charge in [0.05, 0.1) is 5.92 Å². The molecule has 0 aromatic heterocycles. The van der Waals surface area contributed by atoms with Gasteiger partial charge in [-0.3, -0.25) is 19.7 Å². The third-order valence-corrected chi connectivity index (χ3v) is 4.87. The molecule has 24 heavy (non-hydrogen) atoms. The fourth-order valence-electron chi connectivity index (χ4n) is 3.42. The summed E-state index contributed by atoms with van der Waals surface area (Å²) in [7, 11) is 1.93. The first-order valence-electron chi connectivity index (χ1n) is 8.46. The van der Waals surface area contributed by atoms with E-state index in [2.05, 4.69) is 10.6 Å². The molecule has 2 saturated heterocycles. The van der Waals surface area contributed by atoms with Gasteiger partial charge in [-0.2, -0.15) is 0 Å². The molecule has 2 aliphatic rings. The van der Waals surface area contributed by atoms with Crippen molar-refractivity contribution in [3.8, 4) is 0 Å². The molecule has 2 unspecified atom stereocenters. The van der Waals surface area contributed by atoms with Gasteiger partial charge < -0.3 is 10.2 Å². The Balaban J connectivity index is 1.62. The molecule has 3 rings (SSSR count). The van der Waals surface area contributed by atoms with E-state index in [-0.39, 0.29) is 30.1 Å². The summed E-state index contributed by atoms with van der Waals surface area (Å²) in [6.45, 7) is 1.53. The summed E-state index contributed by atoms with van der Waals surface area (Å²) in [6.07, 6.45) is 2.89. The number of imide groups is 1. The predicted molar refractivity (Wildman–Crippen MR) is 89.4 cm³/mol. The van der Waals surface area contributed by atoms with Gasteiger partial charge in [-0.05, 0) is 44.0 Å². The van der Waals surface area contributed by atoms with Crippen molar-refractivity contribution in [3.63, 3.8) is 0 Å². The van der Waals surface area contributed by atoms with Gasteiger partial charge in [-0.15, -0.1) is 0 Å². The fraction of sp³-hybridized carbons (Fsp3) is 0.500.